The second-order valence-corrected chi connectivity index (χ2v) is 8.64. The maximum Gasteiger partial charge on any atom is 0.272 e. The van der Waals surface area contributed by atoms with E-state index >= 15 is 0 Å². The number of anilines is 2. The lowest BCUT2D eigenvalue weighted by Crippen LogP contribution is -2.39. The average molecular weight is 367 g/mol. The quantitative estimate of drug-likeness (QED) is 0.855. The first-order valence-electron chi connectivity index (χ1n) is 9.75. The fraction of sp³-hybridized carbons (Fsp3) is 0.500. The summed E-state index contributed by atoms with van der Waals surface area (Å²) in [6, 6.07) is 9.95. The van der Waals surface area contributed by atoms with Crippen LogP contribution in [0.1, 0.15) is 62.3 Å². The second kappa shape index (κ2) is 7.67. The van der Waals surface area contributed by atoms with Crippen molar-refractivity contribution in [1.29, 1.82) is 0 Å². The third-order valence-electron chi connectivity index (χ3n) is 5.00. The molecule has 2 aromatic rings. The molecule has 1 unspecified atom stereocenters. The number of hydrogen-bond donors (Lipinski definition) is 1. The summed E-state index contributed by atoms with van der Waals surface area (Å²) in [6.45, 7) is 12.2. The first-order valence-corrected chi connectivity index (χ1v) is 9.75. The van der Waals surface area contributed by atoms with E-state index in [4.69, 9.17) is 0 Å². The van der Waals surface area contributed by atoms with Gasteiger partial charge in [-0.1, -0.05) is 45.9 Å². The molecule has 1 atom stereocenters. The predicted octanol–water partition coefficient (Wildman–Crippen LogP) is 4.70. The number of nitrogens with one attached hydrogen (secondary N) is 1. The number of aryl methyl sites for hydroxylation is 1. The van der Waals surface area contributed by atoms with Crippen LogP contribution in [0, 0.1) is 12.8 Å². The summed E-state index contributed by atoms with van der Waals surface area (Å²) in [5.74, 6) is 1.02. The summed E-state index contributed by atoms with van der Waals surface area (Å²) in [7, 11) is 0. The fourth-order valence-electron chi connectivity index (χ4n) is 3.64. The van der Waals surface area contributed by atoms with Crippen molar-refractivity contribution >= 4 is 17.5 Å². The highest BCUT2D eigenvalue weighted by atomic mass is 16.2. The monoisotopic (exact) mass is 366 g/mol. The van der Waals surface area contributed by atoms with E-state index in [0.717, 1.165) is 30.9 Å². The molecule has 0 radical (unpaired) electrons. The first-order chi connectivity index (χ1) is 12.7. The summed E-state index contributed by atoms with van der Waals surface area (Å²) in [6.07, 6.45) is 2.24. The topological polar surface area (TPSA) is 58.1 Å². The minimum Gasteiger partial charge on any atom is -0.337 e. The van der Waals surface area contributed by atoms with E-state index in [2.05, 4.69) is 49.0 Å². The first kappa shape index (κ1) is 19.3. The van der Waals surface area contributed by atoms with Crippen molar-refractivity contribution in [2.45, 2.75) is 52.9 Å². The van der Waals surface area contributed by atoms with E-state index < -0.39 is 0 Å². The van der Waals surface area contributed by atoms with Crippen molar-refractivity contribution < 1.29 is 4.79 Å². The van der Waals surface area contributed by atoms with Crippen LogP contribution in [0.4, 0.5) is 11.6 Å². The van der Waals surface area contributed by atoms with Crippen LogP contribution in [-0.2, 0) is 5.41 Å². The van der Waals surface area contributed by atoms with Gasteiger partial charge in [-0.15, -0.1) is 0 Å². The number of rotatable bonds is 3. The summed E-state index contributed by atoms with van der Waals surface area (Å²) in [5, 5.41) is 3.33. The van der Waals surface area contributed by atoms with Crippen LogP contribution >= 0.6 is 0 Å². The molecule has 5 nitrogen and oxygen atoms in total. The zero-order valence-electron chi connectivity index (χ0n) is 17.0. The molecule has 1 amide bonds. The molecular weight excluding hydrogens is 336 g/mol. The number of benzene rings is 1. The molecule has 1 aromatic carbocycles. The molecule has 1 aliphatic rings. The molecule has 0 bridgehead atoms. The lowest BCUT2D eigenvalue weighted by Gasteiger charge is -2.30. The molecule has 3 rings (SSSR count). The van der Waals surface area contributed by atoms with Crippen LogP contribution in [0.15, 0.2) is 30.3 Å². The number of carbonyl (C=O) groups excluding carboxylic acids is 1. The Bertz CT molecular complexity index is 825. The molecule has 1 N–H and O–H groups in total. The van der Waals surface area contributed by atoms with Crippen LogP contribution in [-0.4, -0.2) is 33.9 Å². The van der Waals surface area contributed by atoms with Gasteiger partial charge in [-0.25, -0.2) is 9.97 Å². The average Bonchev–Trinajstić information content (AvgIpc) is 2.60. The van der Waals surface area contributed by atoms with E-state index in [-0.39, 0.29) is 11.3 Å². The maximum atomic E-state index is 12.9. The maximum absolute atomic E-state index is 12.9. The minimum atomic E-state index is -0.00396. The number of likely N-dealkylation sites (tertiary alicyclic amines) is 1. The summed E-state index contributed by atoms with van der Waals surface area (Å²) in [4.78, 5) is 23.9. The van der Waals surface area contributed by atoms with Gasteiger partial charge in [-0.2, -0.15) is 0 Å². The van der Waals surface area contributed by atoms with E-state index in [1.165, 1.54) is 12.0 Å². The number of nitrogens with zero attached hydrogens (tertiary/aromatic N) is 3. The van der Waals surface area contributed by atoms with Gasteiger partial charge in [-0.05, 0) is 48.8 Å². The number of amides is 1. The third kappa shape index (κ3) is 4.65. The molecule has 1 aliphatic heterocycles. The predicted molar refractivity (Wildman–Crippen MR) is 109 cm³/mol. The van der Waals surface area contributed by atoms with Crippen LogP contribution in [0.2, 0.25) is 0 Å². The highest BCUT2D eigenvalue weighted by Gasteiger charge is 2.24. The molecule has 1 fully saturated rings. The number of carbonyl (C=O) groups is 1. The largest absolute Gasteiger partial charge is 0.337 e. The van der Waals surface area contributed by atoms with E-state index in [9.17, 15) is 4.79 Å². The van der Waals surface area contributed by atoms with Gasteiger partial charge in [0, 0.05) is 24.5 Å². The molecule has 0 spiro atoms. The molecule has 1 saturated heterocycles. The Labute approximate surface area is 162 Å². The summed E-state index contributed by atoms with van der Waals surface area (Å²) < 4.78 is 0. The Morgan fingerprint density at radius 1 is 1.22 bits per heavy atom. The molecule has 27 heavy (non-hydrogen) atoms. The number of para-hydroxylation sites is 1. The molecule has 5 heteroatoms. The van der Waals surface area contributed by atoms with Crippen LogP contribution < -0.4 is 5.32 Å². The zero-order valence-corrected chi connectivity index (χ0v) is 17.0. The Kier molecular flexibility index (Phi) is 5.49. The van der Waals surface area contributed by atoms with Crippen molar-refractivity contribution in [2.24, 2.45) is 5.92 Å². The van der Waals surface area contributed by atoms with Gasteiger partial charge < -0.3 is 10.2 Å². The minimum absolute atomic E-state index is 0.000735. The SMILES string of the molecule is Cc1cc(C(=O)N2CCCC(C)C2)nc(Nc2ccccc2C(C)(C)C)n1. The van der Waals surface area contributed by atoms with Gasteiger partial charge in [0.15, 0.2) is 0 Å². The summed E-state index contributed by atoms with van der Waals surface area (Å²) >= 11 is 0. The third-order valence-corrected chi connectivity index (χ3v) is 5.00. The molecule has 0 aliphatic carbocycles. The van der Waals surface area contributed by atoms with Crippen molar-refractivity contribution in [1.82, 2.24) is 14.9 Å². The smallest absolute Gasteiger partial charge is 0.272 e. The molecule has 1 aromatic heterocycles. The number of hydrogen-bond acceptors (Lipinski definition) is 4. The fourth-order valence-corrected chi connectivity index (χ4v) is 3.64. The van der Waals surface area contributed by atoms with Gasteiger partial charge in [0.2, 0.25) is 5.95 Å². The standard InChI is InChI=1S/C22H30N4O/c1-15-9-8-12-26(14-15)20(27)19-13-16(2)23-21(25-19)24-18-11-7-6-10-17(18)22(3,4)5/h6-7,10-11,13,15H,8-9,12,14H2,1-5H3,(H,23,24,25). The van der Waals surface area contributed by atoms with Gasteiger partial charge in [0.05, 0.1) is 0 Å². The highest BCUT2D eigenvalue weighted by molar-refractivity contribution is 5.92. The zero-order chi connectivity index (χ0) is 19.6. The van der Waals surface area contributed by atoms with Gasteiger partial charge in [0.25, 0.3) is 5.91 Å². The van der Waals surface area contributed by atoms with Crippen molar-refractivity contribution in [3.8, 4) is 0 Å². The lowest BCUT2D eigenvalue weighted by molar-refractivity contribution is 0.0677. The number of aromatic nitrogens is 2. The van der Waals surface area contributed by atoms with Gasteiger partial charge >= 0.3 is 0 Å². The Hall–Kier alpha value is -2.43. The molecular formula is C22H30N4O. The van der Waals surface area contributed by atoms with Gasteiger partial charge in [0.1, 0.15) is 5.69 Å². The molecule has 0 saturated carbocycles. The van der Waals surface area contributed by atoms with Crippen LogP contribution in [0.5, 0.6) is 0 Å². The van der Waals surface area contributed by atoms with E-state index in [1.54, 1.807) is 6.07 Å². The highest BCUT2D eigenvalue weighted by Crippen LogP contribution is 2.30. The number of piperidine rings is 1. The van der Waals surface area contributed by atoms with E-state index in [0.29, 0.717) is 17.6 Å². The van der Waals surface area contributed by atoms with Crippen LogP contribution in [0.3, 0.4) is 0 Å². The normalized spacial score (nSPS) is 17.7. The molecule has 2 heterocycles. The summed E-state index contributed by atoms with van der Waals surface area (Å²) in [5.41, 5.74) is 3.41. The van der Waals surface area contributed by atoms with Gasteiger partial charge in [-0.3, -0.25) is 4.79 Å². The lowest BCUT2D eigenvalue weighted by atomic mass is 9.86. The van der Waals surface area contributed by atoms with E-state index in [1.807, 2.05) is 30.0 Å². The Morgan fingerprint density at radius 2 is 1.96 bits per heavy atom. The van der Waals surface area contributed by atoms with Crippen molar-refractivity contribution in [3.05, 3.63) is 47.3 Å². The van der Waals surface area contributed by atoms with Crippen LogP contribution in [0.25, 0.3) is 0 Å². The second-order valence-electron chi connectivity index (χ2n) is 8.64. The molecule has 144 valence electrons. The Balaban J connectivity index is 1.87. The Morgan fingerprint density at radius 3 is 2.67 bits per heavy atom. The van der Waals surface area contributed by atoms with Crippen molar-refractivity contribution in [2.75, 3.05) is 18.4 Å². The van der Waals surface area contributed by atoms with Crippen molar-refractivity contribution in [3.63, 3.8) is 0 Å².